The highest BCUT2D eigenvalue weighted by Crippen LogP contribution is 2.28. The Hall–Kier alpha value is -0.420. The number of rotatable bonds is 6. The predicted molar refractivity (Wildman–Crippen MR) is 79.3 cm³/mol. The third-order valence-corrected chi connectivity index (χ3v) is 3.90. The molecule has 0 aromatic heterocycles. The Bertz CT molecular complexity index is 393. The van der Waals surface area contributed by atoms with Crippen molar-refractivity contribution < 1.29 is 4.74 Å². The Labute approximate surface area is 118 Å². The van der Waals surface area contributed by atoms with Crippen LogP contribution in [0, 0.1) is 6.92 Å². The molecule has 0 radical (unpaired) electrons. The predicted octanol–water partition coefficient (Wildman–Crippen LogP) is 3.47. The van der Waals surface area contributed by atoms with Crippen LogP contribution in [0.1, 0.15) is 43.9 Å². The van der Waals surface area contributed by atoms with Gasteiger partial charge in [-0.3, -0.25) is 11.3 Å². The zero-order valence-corrected chi connectivity index (χ0v) is 13.2. The fraction of sp³-hybridized carbons (Fsp3) is 0.571. The summed E-state index contributed by atoms with van der Waals surface area (Å²) in [6.07, 6.45) is 1.89. The van der Waals surface area contributed by atoms with Crippen LogP contribution >= 0.6 is 15.9 Å². The number of methoxy groups -OCH3 is 1. The summed E-state index contributed by atoms with van der Waals surface area (Å²) in [6.45, 7) is 6.29. The van der Waals surface area contributed by atoms with Gasteiger partial charge >= 0.3 is 0 Å². The zero-order chi connectivity index (χ0) is 13.8. The van der Waals surface area contributed by atoms with Gasteiger partial charge in [-0.1, -0.05) is 22.0 Å². The summed E-state index contributed by atoms with van der Waals surface area (Å²) in [4.78, 5) is 0. The molecule has 3 nitrogen and oxygen atoms in total. The summed E-state index contributed by atoms with van der Waals surface area (Å²) >= 11 is 3.50. The Morgan fingerprint density at radius 2 is 2.11 bits per heavy atom. The van der Waals surface area contributed by atoms with E-state index >= 15 is 0 Å². The summed E-state index contributed by atoms with van der Waals surface area (Å²) in [5.74, 6) is 5.69. The molecule has 1 unspecified atom stereocenters. The van der Waals surface area contributed by atoms with Gasteiger partial charge in [0.25, 0.3) is 0 Å². The highest BCUT2D eigenvalue weighted by molar-refractivity contribution is 9.10. The van der Waals surface area contributed by atoms with Gasteiger partial charge in [-0.15, -0.1) is 0 Å². The standard InChI is InChI=1S/C14H23BrN2O/c1-10-5-6-11(15)9-12(10)13(17-16)7-8-14(2,3)18-4/h5-6,9,13,17H,7-8,16H2,1-4H3. The van der Waals surface area contributed by atoms with Gasteiger partial charge in [0.2, 0.25) is 0 Å². The zero-order valence-electron chi connectivity index (χ0n) is 11.6. The van der Waals surface area contributed by atoms with Crippen molar-refractivity contribution in [2.45, 2.75) is 45.3 Å². The summed E-state index contributed by atoms with van der Waals surface area (Å²) in [7, 11) is 1.75. The minimum atomic E-state index is -0.116. The van der Waals surface area contributed by atoms with Gasteiger partial charge in [0.05, 0.1) is 5.60 Å². The van der Waals surface area contributed by atoms with Crippen molar-refractivity contribution in [1.82, 2.24) is 5.43 Å². The number of halogens is 1. The van der Waals surface area contributed by atoms with Crippen LogP contribution in [0.15, 0.2) is 22.7 Å². The lowest BCUT2D eigenvalue weighted by Gasteiger charge is -2.26. The molecule has 0 saturated carbocycles. The van der Waals surface area contributed by atoms with Gasteiger partial charge in [-0.05, 0) is 56.9 Å². The number of nitrogens with two attached hydrogens (primary N) is 1. The van der Waals surface area contributed by atoms with E-state index in [0.717, 1.165) is 17.3 Å². The van der Waals surface area contributed by atoms with Gasteiger partial charge in [0, 0.05) is 17.6 Å². The topological polar surface area (TPSA) is 47.3 Å². The molecule has 4 heteroatoms. The molecule has 0 heterocycles. The third-order valence-electron chi connectivity index (χ3n) is 3.41. The summed E-state index contributed by atoms with van der Waals surface area (Å²) < 4.78 is 6.52. The molecule has 1 aromatic carbocycles. The lowest BCUT2D eigenvalue weighted by atomic mass is 9.93. The molecule has 102 valence electrons. The molecule has 18 heavy (non-hydrogen) atoms. The first-order valence-corrected chi connectivity index (χ1v) is 6.96. The molecule has 0 aliphatic heterocycles. The van der Waals surface area contributed by atoms with Crippen LogP contribution in [-0.2, 0) is 4.74 Å². The van der Waals surface area contributed by atoms with E-state index in [1.807, 2.05) is 6.07 Å². The van der Waals surface area contributed by atoms with Crippen LogP contribution in [0.4, 0.5) is 0 Å². The average molecular weight is 315 g/mol. The average Bonchev–Trinajstić information content (AvgIpc) is 2.34. The number of nitrogens with one attached hydrogen (secondary N) is 1. The lowest BCUT2D eigenvalue weighted by molar-refractivity contribution is 0.0116. The van der Waals surface area contributed by atoms with Crippen molar-refractivity contribution in [2.75, 3.05) is 7.11 Å². The SMILES string of the molecule is COC(C)(C)CCC(NN)c1cc(Br)ccc1C. The largest absolute Gasteiger partial charge is 0.379 e. The quantitative estimate of drug-likeness (QED) is 0.624. The monoisotopic (exact) mass is 314 g/mol. The van der Waals surface area contributed by atoms with Crippen LogP contribution < -0.4 is 11.3 Å². The highest BCUT2D eigenvalue weighted by atomic mass is 79.9. The Balaban J connectivity index is 2.80. The van der Waals surface area contributed by atoms with Crippen LogP contribution in [0.5, 0.6) is 0 Å². The Kier molecular flexibility index (Phi) is 5.79. The molecule has 0 saturated heterocycles. The number of ether oxygens (including phenoxy) is 1. The minimum Gasteiger partial charge on any atom is -0.379 e. The van der Waals surface area contributed by atoms with Gasteiger partial charge in [-0.25, -0.2) is 0 Å². The molecular weight excluding hydrogens is 292 g/mol. The number of hydrogen-bond acceptors (Lipinski definition) is 3. The molecule has 0 spiro atoms. The van der Waals surface area contributed by atoms with Crippen molar-refractivity contribution in [2.24, 2.45) is 5.84 Å². The molecule has 1 aromatic rings. The van der Waals surface area contributed by atoms with E-state index in [9.17, 15) is 0 Å². The fourth-order valence-electron chi connectivity index (χ4n) is 1.91. The lowest BCUT2D eigenvalue weighted by Crippen LogP contribution is -2.31. The molecule has 0 aliphatic rings. The van der Waals surface area contributed by atoms with E-state index in [1.165, 1.54) is 11.1 Å². The summed E-state index contributed by atoms with van der Waals surface area (Å²) in [6, 6.07) is 6.42. The number of hydrogen-bond donors (Lipinski definition) is 2. The molecule has 3 N–H and O–H groups in total. The smallest absolute Gasteiger partial charge is 0.0623 e. The molecular formula is C14H23BrN2O. The second-order valence-electron chi connectivity index (χ2n) is 5.22. The van der Waals surface area contributed by atoms with Crippen molar-refractivity contribution in [3.05, 3.63) is 33.8 Å². The fourth-order valence-corrected chi connectivity index (χ4v) is 2.29. The molecule has 0 fully saturated rings. The number of hydrazine groups is 1. The van der Waals surface area contributed by atoms with E-state index in [4.69, 9.17) is 10.6 Å². The van der Waals surface area contributed by atoms with Crippen LogP contribution in [0.3, 0.4) is 0 Å². The maximum absolute atomic E-state index is 5.69. The van der Waals surface area contributed by atoms with E-state index in [1.54, 1.807) is 7.11 Å². The maximum Gasteiger partial charge on any atom is 0.0623 e. The van der Waals surface area contributed by atoms with Gasteiger partial charge < -0.3 is 4.74 Å². The molecule has 0 bridgehead atoms. The third kappa shape index (κ3) is 4.35. The molecule has 0 amide bonds. The first kappa shape index (κ1) is 15.6. The van der Waals surface area contributed by atoms with Crippen LogP contribution in [-0.4, -0.2) is 12.7 Å². The maximum atomic E-state index is 5.69. The Morgan fingerprint density at radius 1 is 1.44 bits per heavy atom. The van der Waals surface area contributed by atoms with E-state index in [-0.39, 0.29) is 11.6 Å². The van der Waals surface area contributed by atoms with Crippen molar-refractivity contribution in [3.63, 3.8) is 0 Å². The van der Waals surface area contributed by atoms with Gasteiger partial charge in [0.15, 0.2) is 0 Å². The van der Waals surface area contributed by atoms with Crippen LogP contribution in [0.25, 0.3) is 0 Å². The van der Waals surface area contributed by atoms with Crippen molar-refractivity contribution in [1.29, 1.82) is 0 Å². The summed E-state index contributed by atoms with van der Waals surface area (Å²) in [5.41, 5.74) is 5.27. The normalized spacial score (nSPS) is 13.7. The minimum absolute atomic E-state index is 0.116. The molecule has 1 rings (SSSR count). The number of aryl methyl sites for hydroxylation is 1. The van der Waals surface area contributed by atoms with Crippen molar-refractivity contribution >= 4 is 15.9 Å². The second kappa shape index (κ2) is 6.66. The Morgan fingerprint density at radius 3 is 2.67 bits per heavy atom. The highest BCUT2D eigenvalue weighted by Gasteiger charge is 2.20. The second-order valence-corrected chi connectivity index (χ2v) is 6.14. The van der Waals surface area contributed by atoms with Gasteiger partial charge in [0.1, 0.15) is 0 Å². The van der Waals surface area contributed by atoms with Crippen molar-refractivity contribution in [3.8, 4) is 0 Å². The van der Waals surface area contributed by atoms with Crippen LogP contribution in [0.2, 0.25) is 0 Å². The summed E-state index contributed by atoms with van der Waals surface area (Å²) in [5, 5.41) is 0. The first-order valence-electron chi connectivity index (χ1n) is 6.17. The number of benzene rings is 1. The molecule has 1 atom stereocenters. The van der Waals surface area contributed by atoms with E-state index < -0.39 is 0 Å². The van der Waals surface area contributed by atoms with E-state index in [2.05, 4.69) is 54.3 Å². The first-order chi connectivity index (χ1) is 8.39. The molecule has 0 aliphatic carbocycles. The van der Waals surface area contributed by atoms with Gasteiger partial charge in [-0.2, -0.15) is 0 Å². The van der Waals surface area contributed by atoms with E-state index in [0.29, 0.717) is 0 Å².